The maximum Gasteiger partial charge on any atom is 0.0223 e. The molecule has 2 unspecified atom stereocenters. The van der Waals surface area contributed by atoms with E-state index in [1.165, 1.54) is 64.7 Å². The first-order valence-corrected chi connectivity index (χ1v) is 8.94. The third-order valence-corrected chi connectivity index (χ3v) is 5.95. The summed E-state index contributed by atoms with van der Waals surface area (Å²) >= 11 is 0. The molecule has 1 aromatic rings. The molecular weight excluding hydrogens is 256 g/mol. The van der Waals surface area contributed by atoms with Crippen molar-refractivity contribution in [2.45, 2.75) is 50.5 Å². The average Bonchev–Trinajstić information content (AvgIpc) is 2.54. The Hall–Kier alpha value is -0.860. The molecule has 4 rings (SSSR count). The van der Waals surface area contributed by atoms with Crippen molar-refractivity contribution in [2.75, 3.05) is 26.2 Å². The topological polar surface area (TPSA) is 15.3 Å². The smallest absolute Gasteiger partial charge is 0.0223 e. The van der Waals surface area contributed by atoms with Gasteiger partial charge in [0.05, 0.1) is 0 Å². The summed E-state index contributed by atoms with van der Waals surface area (Å²) in [5.41, 5.74) is 3.20. The van der Waals surface area contributed by atoms with E-state index in [1.54, 1.807) is 11.1 Å². The van der Waals surface area contributed by atoms with Gasteiger partial charge in [0.2, 0.25) is 0 Å². The lowest BCUT2D eigenvalue weighted by molar-refractivity contribution is 0.137. The van der Waals surface area contributed by atoms with E-state index < -0.39 is 0 Å². The molecule has 21 heavy (non-hydrogen) atoms. The fourth-order valence-electron chi connectivity index (χ4n) is 4.70. The van der Waals surface area contributed by atoms with E-state index in [0.717, 1.165) is 17.9 Å². The molecule has 1 aromatic carbocycles. The fraction of sp³-hybridized carbons (Fsp3) is 0.684. The van der Waals surface area contributed by atoms with Crippen LogP contribution in [-0.4, -0.2) is 37.1 Å². The monoisotopic (exact) mass is 284 g/mol. The molecule has 0 radical (unpaired) electrons. The van der Waals surface area contributed by atoms with Gasteiger partial charge < -0.3 is 5.32 Å². The van der Waals surface area contributed by atoms with Crippen molar-refractivity contribution in [2.24, 2.45) is 5.92 Å². The lowest BCUT2D eigenvalue weighted by atomic mass is 9.77. The third-order valence-electron chi connectivity index (χ3n) is 5.95. The molecule has 0 aromatic heterocycles. The Kier molecular flexibility index (Phi) is 4.00. The molecule has 1 heterocycles. The average molecular weight is 284 g/mol. The summed E-state index contributed by atoms with van der Waals surface area (Å²) in [4.78, 5) is 2.73. The highest BCUT2D eigenvalue weighted by Gasteiger charge is 2.31. The SMILES string of the molecule is c1ccc2c(c1)CC2CN1CCNC(C2CCCCC2)C1. The number of benzene rings is 1. The molecule has 114 valence electrons. The predicted octanol–water partition coefficient (Wildman–Crippen LogP) is 3.18. The quantitative estimate of drug-likeness (QED) is 0.917. The van der Waals surface area contributed by atoms with Crippen LogP contribution >= 0.6 is 0 Å². The van der Waals surface area contributed by atoms with Crippen LogP contribution in [0.15, 0.2) is 24.3 Å². The van der Waals surface area contributed by atoms with Gasteiger partial charge in [-0.15, -0.1) is 0 Å². The molecule has 1 saturated carbocycles. The summed E-state index contributed by atoms with van der Waals surface area (Å²) in [6.07, 6.45) is 8.59. The van der Waals surface area contributed by atoms with Gasteiger partial charge in [0.15, 0.2) is 0 Å². The minimum Gasteiger partial charge on any atom is -0.311 e. The normalized spacial score (nSPS) is 30.7. The molecule has 0 spiro atoms. The predicted molar refractivity (Wildman–Crippen MR) is 87.7 cm³/mol. The first kappa shape index (κ1) is 13.8. The standard InChI is InChI=1S/C19H28N2/c1-2-6-15(7-3-1)19-14-21(11-10-20-19)13-17-12-16-8-4-5-9-18(16)17/h4-5,8-9,15,17,19-20H,1-3,6-7,10-14H2. The summed E-state index contributed by atoms with van der Waals surface area (Å²) in [6, 6.07) is 9.78. The third kappa shape index (κ3) is 2.89. The Balaban J connectivity index is 1.34. The molecule has 2 atom stereocenters. The highest BCUT2D eigenvalue weighted by Crippen LogP contribution is 2.36. The van der Waals surface area contributed by atoms with Crippen LogP contribution in [0.5, 0.6) is 0 Å². The van der Waals surface area contributed by atoms with Crippen LogP contribution in [0.2, 0.25) is 0 Å². The molecule has 2 heteroatoms. The summed E-state index contributed by atoms with van der Waals surface area (Å²) in [5.74, 6) is 1.74. The second-order valence-electron chi connectivity index (χ2n) is 7.32. The second kappa shape index (κ2) is 6.10. The van der Waals surface area contributed by atoms with Gasteiger partial charge in [0.1, 0.15) is 0 Å². The second-order valence-corrected chi connectivity index (χ2v) is 7.32. The van der Waals surface area contributed by atoms with Crippen molar-refractivity contribution in [3.63, 3.8) is 0 Å². The lowest BCUT2D eigenvalue weighted by Crippen LogP contribution is -2.55. The van der Waals surface area contributed by atoms with Gasteiger partial charge in [0, 0.05) is 38.1 Å². The minimum atomic E-state index is 0.759. The number of fused-ring (bicyclic) bond motifs is 1. The highest BCUT2D eigenvalue weighted by atomic mass is 15.2. The maximum absolute atomic E-state index is 3.81. The van der Waals surface area contributed by atoms with E-state index in [1.807, 2.05) is 0 Å². The van der Waals surface area contributed by atoms with E-state index in [2.05, 4.69) is 34.5 Å². The first-order valence-electron chi connectivity index (χ1n) is 8.94. The van der Waals surface area contributed by atoms with Crippen molar-refractivity contribution in [3.8, 4) is 0 Å². The summed E-state index contributed by atoms with van der Waals surface area (Å²) in [7, 11) is 0. The van der Waals surface area contributed by atoms with Crippen LogP contribution in [0.3, 0.4) is 0 Å². The van der Waals surface area contributed by atoms with E-state index >= 15 is 0 Å². The number of hydrogen-bond acceptors (Lipinski definition) is 2. The summed E-state index contributed by atoms with van der Waals surface area (Å²) in [5, 5.41) is 3.81. The van der Waals surface area contributed by atoms with Crippen molar-refractivity contribution in [1.82, 2.24) is 10.2 Å². The maximum atomic E-state index is 3.81. The zero-order valence-electron chi connectivity index (χ0n) is 13.1. The highest BCUT2D eigenvalue weighted by molar-refractivity contribution is 5.40. The van der Waals surface area contributed by atoms with Gasteiger partial charge >= 0.3 is 0 Å². The number of piperazine rings is 1. The Morgan fingerprint density at radius 3 is 2.81 bits per heavy atom. The van der Waals surface area contributed by atoms with Crippen molar-refractivity contribution in [3.05, 3.63) is 35.4 Å². The van der Waals surface area contributed by atoms with Crippen molar-refractivity contribution in [1.29, 1.82) is 0 Å². The summed E-state index contributed by atoms with van der Waals surface area (Å²) in [6.45, 7) is 4.99. The molecule has 2 nitrogen and oxygen atoms in total. The van der Waals surface area contributed by atoms with Crippen LogP contribution in [0.1, 0.15) is 49.1 Å². The number of nitrogens with one attached hydrogen (secondary N) is 1. The number of nitrogens with zero attached hydrogens (tertiary/aromatic N) is 1. The molecule has 3 aliphatic rings. The van der Waals surface area contributed by atoms with E-state index in [-0.39, 0.29) is 0 Å². The lowest BCUT2D eigenvalue weighted by Gasteiger charge is -2.42. The Morgan fingerprint density at radius 2 is 1.95 bits per heavy atom. The van der Waals surface area contributed by atoms with E-state index in [9.17, 15) is 0 Å². The van der Waals surface area contributed by atoms with Gasteiger partial charge in [-0.25, -0.2) is 0 Å². The Labute approximate surface area is 128 Å². The zero-order valence-corrected chi connectivity index (χ0v) is 13.1. The first-order chi connectivity index (χ1) is 10.4. The van der Waals surface area contributed by atoms with Gasteiger partial charge in [-0.05, 0) is 36.3 Å². The van der Waals surface area contributed by atoms with Gasteiger partial charge in [-0.3, -0.25) is 4.90 Å². The zero-order chi connectivity index (χ0) is 14.1. The van der Waals surface area contributed by atoms with Crippen LogP contribution < -0.4 is 5.32 Å². The van der Waals surface area contributed by atoms with Crippen molar-refractivity contribution >= 4 is 0 Å². The molecule has 2 aliphatic carbocycles. The van der Waals surface area contributed by atoms with Gasteiger partial charge in [-0.1, -0.05) is 43.5 Å². The molecule has 1 N–H and O–H groups in total. The molecule has 0 bridgehead atoms. The molecule has 1 aliphatic heterocycles. The molecule has 1 saturated heterocycles. The fourth-order valence-corrected chi connectivity index (χ4v) is 4.70. The van der Waals surface area contributed by atoms with Crippen molar-refractivity contribution < 1.29 is 0 Å². The van der Waals surface area contributed by atoms with E-state index in [4.69, 9.17) is 0 Å². The van der Waals surface area contributed by atoms with Gasteiger partial charge in [0.25, 0.3) is 0 Å². The molecular formula is C19H28N2. The van der Waals surface area contributed by atoms with Gasteiger partial charge in [-0.2, -0.15) is 0 Å². The summed E-state index contributed by atoms with van der Waals surface area (Å²) < 4.78 is 0. The number of rotatable bonds is 3. The van der Waals surface area contributed by atoms with Crippen LogP contribution in [0, 0.1) is 5.92 Å². The van der Waals surface area contributed by atoms with Crippen LogP contribution in [-0.2, 0) is 6.42 Å². The van der Waals surface area contributed by atoms with Crippen LogP contribution in [0.4, 0.5) is 0 Å². The minimum absolute atomic E-state index is 0.759. The Bertz CT molecular complexity index is 478. The molecule has 0 amide bonds. The number of hydrogen-bond donors (Lipinski definition) is 1. The molecule has 2 fully saturated rings. The largest absolute Gasteiger partial charge is 0.311 e. The van der Waals surface area contributed by atoms with E-state index in [0.29, 0.717) is 0 Å². The van der Waals surface area contributed by atoms with Crippen LogP contribution in [0.25, 0.3) is 0 Å². The Morgan fingerprint density at radius 1 is 1.10 bits per heavy atom.